The molecule has 1 N–H and O–H groups in total. The van der Waals surface area contributed by atoms with Gasteiger partial charge in [0.1, 0.15) is 11.5 Å². The molecule has 102 valence electrons. The molecule has 3 nitrogen and oxygen atoms in total. The van der Waals surface area contributed by atoms with E-state index in [1.807, 2.05) is 12.1 Å². The van der Waals surface area contributed by atoms with Crippen molar-refractivity contribution in [2.24, 2.45) is 0 Å². The SMILES string of the molecule is CCNC(C)CC(C)c1ccc(OC)cc1OC. The van der Waals surface area contributed by atoms with Crippen LogP contribution in [0, 0.1) is 0 Å². The van der Waals surface area contributed by atoms with Crippen LogP contribution in [-0.4, -0.2) is 26.8 Å². The van der Waals surface area contributed by atoms with Crippen LogP contribution in [0.3, 0.4) is 0 Å². The van der Waals surface area contributed by atoms with Crippen molar-refractivity contribution in [2.75, 3.05) is 20.8 Å². The Morgan fingerprint density at radius 3 is 2.44 bits per heavy atom. The highest BCUT2D eigenvalue weighted by molar-refractivity contribution is 5.42. The lowest BCUT2D eigenvalue weighted by Crippen LogP contribution is -2.27. The van der Waals surface area contributed by atoms with Crippen LogP contribution in [0.1, 0.15) is 38.7 Å². The number of methoxy groups -OCH3 is 2. The highest BCUT2D eigenvalue weighted by Crippen LogP contribution is 2.32. The number of hydrogen-bond acceptors (Lipinski definition) is 3. The Hall–Kier alpha value is -1.22. The van der Waals surface area contributed by atoms with Crippen molar-refractivity contribution in [3.63, 3.8) is 0 Å². The van der Waals surface area contributed by atoms with Gasteiger partial charge in [-0.3, -0.25) is 0 Å². The monoisotopic (exact) mass is 251 g/mol. The fraction of sp³-hybridized carbons (Fsp3) is 0.600. The smallest absolute Gasteiger partial charge is 0.126 e. The summed E-state index contributed by atoms with van der Waals surface area (Å²) in [7, 11) is 3.38. The fourth-order valence-corrected chi connectivity index (χ4v) is 2.31. The van der Waals surface area contributed by atoms with Crippen LogP contribution in [-0.2, 0) is 0 Å². The average molecular weight is 251 g/mol. The standard InChI is InChI=1S/C15H25NO2/c1-6-16-12(3)9-11(2)14-8-7-13(17-4)10-15(14)18-5/h7-8,10-12,16H,6,9H2,1-5H3. The molecule has 0 radical (unpaired) electrons. The molecular formula is C15H25NO2. The topological polar surface area (TPSA) is 30.5 Å². The van der Waals surface area contributed by atoms with Crippen LogP contribution in [0.25, 0.3) is 0 Å². The van der Waals surface area contributed by atoms with Crippen LogP contribution in [0.5, 0.6) is 11.5 Å². The summed E-state index contributed by atoms with van der Waals surface area (Å²) >= 11 is 0. The first-order valence-corrected chi connectivity index (χ1v) is 6.57. The third-order valence-electron chi connectivity index (χ3n) is 3.23. The molecule has 18 heavy (non-hydrogen) atoms. The first-order valence-electron chi connectivity index (χ1n) is 6.57. The number of ether oxygens (including phenoxy) is 2. The maximum atomic E-state index is 5.45. The molecule has 0 heterocycles. The predicted octanol–water partition coefficient (Wildman–Crippen LogP) is 3.20. The lowest BCUT2D eigenvalue weighted by molar-refractivity contribution is 0.385. The maximum Gasteiger partial charge on any atom is 0.126 e. The van der Waals surface area contributed by atoms with Crippen LogP contribution >= 0.6 is 0 Å². The van der Waals surface area contributed by atoms with E-state index in [-0.39, 0.29) is 0 Å². The van der Waals surface area contributed by atoms with Crippen molar-refractivity contribution in [2.45, 2.75) is 39.2 Å². The van der Waals surface area contributed by atoms with E-state index in [4.69, 9.17) is 9.47 Å². The molecule has 1 aromatic rings. The fourth-order valence-electron chi connectivity index (χ4n) is 2.31. The van der Waals surface area contributed by atoms with Gasteiger partial charge in [-0.2, -0.15) is 0 Å². The quantitative estimate of drug-likeness (QED) is 0.807. The second kappa shape index (κ2) is 7.27. The van der Waals surface area contributed by atoms with E-state index in [2.05, 4.69) is 32.2 Å². The molecule has 1 aromatic carbocycles. The maximum absolute atomic E-state index is 5.45. The number of benzene rings is 1. The van der Waals surface area contributed by atoms with Gasteiger partial charge < -0.3 is 14.8 Å². The van der Waals surface area contributed by atoms with Crippen molar-refractivity contribution in [1.82, 2.24) is 5.32 Å². The second-order valence-corrected chi connectivity index (χ2v) is 4.70. The molecule has 3 heteroatoms. The van der Waals surface area contributed by atoms with E-state index in [1.54, 1.807) is 14.2 Å². The Kier molecular flexibility index (Phi) is 5.99. The third kappa shape index (κ3) is 3.91. The van der Waals surface area contributed by atoms with Crippen LogP contribution in [0.15, 0.2) is 18.2 Å². The molecule has 0 bridgehead atoms. The van der Waals surface area contributed by atoms with Gasteiger partial charge in [0.15, 0.2) is 0 Å². The molecule has 0 aromatic heterocycles. The summed E-state index contributed by atoms with van der Waals surface area (Å²) in [5.74, 6) is 2.20. The molecule has 2 atom stereocenters. The lowest BCUT2D eigenvalue weighted by Gasteiger charge is -2.20. The third-order valence-corrected chi connectivity index (χ3v) is 3.23. The van der Waals surface area contributed by atoms with Gasteiger partial charge in [0.25, 0.3) is 0 Å². The molecular weight excluding hydrogens is 226 g/mol. The van der Waals surface area contributed by atoms with Gasteiger partial charge in [0.05, 0.1) is 14.2 Å². The van der Waals surface area contributed by atoms with Gasteiger partial charge in [0, 0.05) is 12.1 Å². The minimum Gasteiger partial charge on any atom is -0.497 e. The summed E-state index contributed by atoms with van der Waals surface area (Å²) in [5.41, 5.74) is 1.24. The first-order chi connectivity index (χ1) is 8.62. The van der Waals surface area contributed by atoms with Crippen molar-refractivity contribution in [3.8, 4) is 11.5 Å². The van der Waals surface area contributed by atoms with Crippen LogP contribution in [0.4, 0.5) is 0 Å². The Morgan fingerprint density at radius 1 is 1.17 bits per heavy atom. The Morgan fingerprint density at radius 2 is 1.89 bits per heavy atom. The highest BCUT2D eigenvalue weighted by Gasteiger charge is 2.15. The minimum absolute atomic E-state index is 0.458. The largest absolute Gasteiger partial charge is 0.497 e. The summed E-state index contributed by atoms with van der Waals surface area (Å²) in [6.45, 7) is 7.59. The normalized spacial score (nSPS) is 14.1. The summed E-state index contributed by atoms with van der Waals surface area (Å²) < 4.78 is 10.7. The predicted molar refractivity (Wildman–Crippen MR) is 75.7 cm³/mol. The molecule has 0 aliphatic heterocycles. The molecule has 0 saturated heterocycles. The van der Waals surface area contributed by atoms with Crippen LogP contribution in [0.2, 0.25) is 0 Å². The first kappa shape index (κ1) is 14.8. The van der Waals surface area contributed by atoms with Gasteiger partial charge in [-0.15, -0.1) is 0 Å². The van der Waals surface area contributed by atoms with E-state index in [9.17, 15) is 0 Å². The van der Waals surface area contributed by atoms with E-state index < -0.39 is 0 Å². The van der Waals surface area contributed by atoms with Crippen molar-refractivity contribution >= 4 is 0 Å². The molecule has 2 unspecified atom stereocenters. The van der Waals surface area contributed by atoms with E-state index in [0.717, 1.165) is 24.5 Å². The molecule has 0 aliphatic rings. The van der Waals surface area contributed by atoms with Crippen molar-refractivity contribution in [1.29, 1.82) is 0 Å². The molecule has 0 spiro atoms. The lowest BCUT2D eigenvalue weighted by atomic mass is 9.93. The van der Waals surface area contributed by atoms with Crippen molar-refractivity contribution in [3.05, 3.63) is 23.8 Å². The molecule has 0 aliphatic carbocycles. The zero-order valence-electron chi connectivity index (χ0n) is 12.1. The number of rotatable bonds is 7. The van der Waals surface area contributed by atoms with E-state index in [1.165, 1.54) is 5.56 Å². The van der Waals surface area contributed by atoms with E-state index >= 15 is 0 Å². The zero-order chi connectivity index (χ0) is 13.5. The molecule has 1 rings (SSSR count). The Labute approximate surface area is 110 Å². The molecule has 0 saturated carbocycles. The Balaban J connectivity index is 2.81. The number of hydrogen-bond donors (Lipinski definition) is 1. The van der Waals surface area contributed by atoms with E-state index in [0.29, 0.717) is 12.0 Å². The molecule has 0 amide bonds. The summed E-state index contributed by atoms with van der Waals surface area (Å²) in [6.07, 6.45) is 1.09. The van der Waals surface area contributed by atoms with Gasteiger partial charge in [-0.25, -0.2) is 0 Å². The second-order valence-electron chi connectivity index (χ2n) is 4.70. The van der Waals surface area contributed by atoms with Gasteiger partial charge in [-0.05, 0) is 37.4 Å². The van der Waals surface area contributed by atoms with Crippen molar-refractivity contribution < 1.29 is 9.47 Å². The van der Waals surface area contributed by atoms with Gasteiger partial charge in [-0.1, -0.05) is 19.9 Å². The zero-order valence-corrected chi connectivity index (χ0v) is 12.1. The number of nitrogens with one attached hydrogen (secondary N) is 1. The summed E-state index contributed by atoms with van der Waals surface area (Å²) in [5, 5.41) is 3.44. The minimum atomic E-state index is 0.458. The summed E-state index contributed by atoms with van der Waals surface area (Å²) in [6, 6.07) is 6.55. The van der Waals surface area contributed by atoms with Gasteiger partial charge >= 0.3 is 0 Å². The van der Waals surface area contributed by atoms with Crippen LogP contribution < -0.4 is 14.8 Å². The average Bonchev–Trinajstić information content (AvgIpc) is 2.38. The highest BCUT2D eigenvalue weighted by atomic mass is 16.5. The van der Waals surface area contributed by atoms with Gasteiger partial charge in [0.2, 0.25) is 0 Å². The molecule has 0 fully saturated rings. The Bertz CT molecular complexity index is 366. The summed E-state index contributed by atoms with van der Waals surface area (Å²) in [4.78, 5) is 0.